The Balaban J connectivity index is 3.28. The molecule has 1 amide bonds. The highest BCUT2D eigenvalue weighted by atomic mass is 19.4. The fraction of sp³-hybridized carbons (Fsp3) is 0.364. The zero-order valence-electron chi connectivity index (χ0n) is 10.2. The number of para-hydroxylation sites is 1. The molecule has 0 bridgehead atoms. The summed E-state index contributed by atoms with van der Waals surface area (Å²) in [6, 6.07) is 1.96. The van der Waals surface area contributed by atoms with Crippen LogP contribution in [0.4, 0.5) is 40.8 Å². The first-order chi connectivity index (χ1) is 9.32. The third kappa shape index (κ3) is 2.93. The third-order valence-corrected chi connectivity index (χ3v) is 2.79. The van der Waals surface area contributed by atoms with E-state index in [1.165, 1.54) is 0 Å². The lowest BCUT2D eigenvalue weighted by atomic mass is 9.87. The number of alkyl halides is 6. The van der Waals surface area contributed by atoms with Gasteiger partial charge in [0.25, 0.3) is 0 Å². The van der Waals surface area contributed by atoms with E-state index in [1.54, 1.807) is 0 Å². The number of carbonyl (C=O) groups excluding carboxylic acids is 1. The monoisotopic (exact) mass is 321 g/mol. The largest absolute Gasteiger partial charge is 0.411 e. The molecule has 118 valence electrons. The first kappa shape index (κ1) is 17.2. The van der Waals surface area contributed by atoms with Gasteiger partial charge in [0, 0.05) is 0 Å². The lowest BCUT2D eigenvalue weighted by Crippen LogP contribution is -2.55. The van der Waals surface area contributed by atoms with E-state index in [2.05, 4.69) is 0 Å². The van der Waals surface area contributed by atoms with Crippen molar-refractivity contribution >= 4 is 11.6 Å². The molecule has 0 radical (unpaired) electrons. The van der Waals surface area contributed by atoms with Gasteiger partial charge in [0.15, 0.2) is 0 Å². The summed E-state index contributed by atoms with van der Waals surface area (Å²) < 4.78 is 102. The smallest absolute Gasteiger partial charge is 0.320 e. The van der Waals surface area contributed by atoms with Crippen LogP contribution >= 0.6 is 0 Å². The summed E-state index contributed by atoms with van der Waals surface area (Å²) >= 11 is 0. The summed E-state index contributed by atoms with van der Waals surface area (Å²) in [5, 5.41) is 1.00. The highest BCUT2D eigenvalue weighted by Crippen LogP contribution is 2.50. The number of hydrogen-bond donors (Lipinski definition) is 1. The standard InChI is InChI=1S/C11H7F8NO/c1-9(10(14,15)16,11(17,18)19)8(21)20-7-5(12)3-2-4-6(7)13/h2-4H,1H3,(H,20,21). The highest BCUT2D eigenvalue weighted by molar-refractivity contribution is 5.96. The molecule has 0 saturated heterocycles. The summed E-state index contributed by atoms with van der Waals surface area (Å²) in [5.41, 5.74) is -6.20. The molecule has 0 saturated carbocycles. The maximum Gasteiger partial charge on any atom is 0.411 e. The van der Waals surface area contributed by atoms with E-state index < -0.39 is 47.9 Å². The molecule has 21 heavy (non-hydrogen) atoms. The van der Waals surface area contributed by atoms with Crippen LogP contribution in [0.25, 0.3) is 0 Å². The molecule has 2 nitrogen and oxygen atoms in total. The molecule has 1 aromatic carbocycles. The van der Waals surface area contributed by atoms with Crippen LogP contribution in [0.15, 0.2) is 18.2 Å². The summed E-state index contributed by atoms with van der Waals surface area (Å²) in [5.74, 6) is -5.64. The average Bonchev–Trinajstić information content (AvgIpc) is 2.29. The molecule has 0 spiro atoms. The van der Waals surface area contributed by atoms with Crippen molar-refractivity contribution in [1.29, 1.82) is 0 Å². The highest BCUT2D eigenvalue weighted by Gasteiger charge is 2.72. The Labute approximate surface area is 112 Å². The fourth-order valence-corrected chi connectivity index (χ4v) is 1.27. The Morgan fingerprint density at radius 3 is 1.67 bits per heavy atom. The number of hydrogen-bond acceptors (Lipinski definition) is 1. The third-order valence-electron chi connectivity index (χ3n) is 2.79. The van der Waals surface area contributed by atoms with E-state index in [0.717, 1.165) is 11.4 Å². The van der Waals surface area contributed by atoms with Crippen LogP contribution in [-0.2, 0) is 4.79 Å². The number of halogens is 8. The van der Waals surface area contributed by atoms with Crippen molar-refractivity contribution in [3.05, 3.63) is 29.8 Å². The molecular formula is C11H7F8NO. The Hall–Kier alpha value is -1.87. The maximum absolute atomic E-state index is 13.2. The summed E-state index contributed by atoms with van der Waals surface area (Å²) in [4.78, 5) is 11.3. The van der Waals surface area contributed by atoms with Crippen molar-refractivity contribution in [2.24, 2.45) is 5.41 Å². The van der Waals surface area contributed by atoms with Crippen LogP contribution in [-0.4, -0.2) is 18.3 Å². The molecule has 0 aliphatic heterocycles. The van der Waals surface area contributed by atoms with E-state index in [1.807, 2.05) is 0 Å². The normalized spacial score (nSPS) is 13.2. The average molecular weight is 321 g/mol. The van der Waals surface area contributed by atoms with Gasteiger partial charge in [-0.1, -0.05) is 6.07 Å². The number of benzene rings is 1. The molecule has 10 heteroatoms. The first-order valence-corrected chi connectivity index (χ1v) is 5.21. The predicted octanol–water partition coefficient (Wildman–Crippen LogP) is 4.03. The van der Waals surface area contributed by atoms with Crippen molar-refractivity contribution in [1.82, 2.24) is 0 Å². The van der Waals surface area contributed by atoms with E-state index in [9.17, 15) is 39.9 Å². The van der Waals surface area contributed by atoms with Crippen molar-refractivity contribution in [3.8, 4) is 0 Å². The summed E-state index contributed by atoms with van der Waals surface area (Å²) in [6.45, 7) is -0.416. The van der Waals surface area contributed by atoms with Crippen LogP contribution in [0.3, 0.4) is 0 Å². The van der Waals surface area contributed by atoms with Crippen molar-refractivity contribution in [2.75, 3.05) is 5.32 Å². The Bertz CT molecular complexity index is 514. The van der Waals surface area contributed by atoms with Gasteiger partial charge in [-0.25, -0.2) is 8.78 Å². The molecule has 0 heterocycles. The molecule has 1 rings (SSSR count). The van der Waals surface area contributed by atoms with Crippen molar-refractivity contribution in [2.45, 2.75) is 19.3 Å². The van der Waals surface area contributed by atoms with Crippen LogP contribution in [0.1, 0.15) is 6.92 Å². The van der Waals surface area contributed by atoms with Gasteiger partial charge in [0.1, 0.15) is 17.3 Å². The molecule has 0 atom stereocenters. The quantitative estimate of drug-likeness (QED) is 0.819. The Morgan fingerprint density at radius 1 is 0.952 bits per heavy atom. The Kier molecular flexibility index (Phi) is 4.22. The van der Waals surface area contributed by atoms with Gasteiger partial charge in [-0.15, -0.1) is 0 Å². The predicted molar refractivity (Wildman–Crippen MR) is 55.2 cm³/mol. The minimum absolute atomic E-state index is 0.416. The molecule has 0 fully saturated rings. The summed E-state index contributed by atoms with van der Waals surface area (Å²) in [7, 11) is 0. The number of rotatable bonds is 2. The van der Waals surface area contributed by atoms with Gasteiger partial charge in [0.2, 0.25) is 11.3 Å². The van der Waals surface area contributed by atoms with Crippen LogP contribution in [0.2, 0.25) is 0 Å². The van der Waals surface area contributed by atoms with Gasteiger partial charge >= 0.3 is 12.4 Å². The van der Waals surface area contributed by atoms with Gasteiger partial charge in [-0.2, -0.15) is 26.3 Å². The number of anilines is 1. The van der Waals surface area contributed by atoms with Crippen molar-refractivity contribution in [3.63, 3.8) is 0 Å². The van der Waals surface area contributed by atoms with E-state index in [4.69, 9.17) is 0 Å². The minimum Gasteiger partial charge on any atom is -0.320 e. The molecule has 1 aromatic rings. The second-order valence-corrected chi connectivity index (χ2v) is 4.17. The molecular weight excluding hydrogens is 314 g/mol. The zero-order valence-corrected chi connectivity index (χ0v) is 10.2. The maximum atomic E-state index is 13.2. The molecule has 0 unspecified atom stereocenters. The van der Waals surface area contributed by atoms with E-state index in [-0.39, 0.29) is 0 Å². The molecule has 1 N–H and O–H groups in total. The minimum atomic E-state index is -6.00. The second kappa shape index (κ2) is 5.15. The number of nitrogens with one attached hydrogen (secondary N) is 1. The molecule has 0 aliphatic carbocycles. The Morgan fingerprint density at radius 2 is 1.33 bits per heavy atom. The van der Waals surface area contributed by atoms with Crippen LogP contribution in [0.5, 0.6) is 0 Å². The van der Waals surface area contributed by atoms with Gasteiger partial charge in [0.05, 0.1) is 0 Å². The lowest BCUT2D eigenvalue weighted by Gasteiger charge is -2.32. The van der Waals surface area contributed by atoms with E-state index in [0.29, 0.717) is 12.1 Å². The zero-order chi connectivity index (χ0) is 16.6. The second-order valence-electron chi connectivity index (χ2n) is 4.17. The number of amides is 1. The van der Waals surface area contributed by atoms with Crippen LogP contribution < -0.4 is 5.32 Å². The lowest BCUT2D eigenvalue weighted by molar-refractivity contribution is -0.317. The topological polar surface area (TPSA) is 29.1 Å². The van der Waals surface area contributed by atoms with Crippen LogP contribution in [0, 0.1) is 17.0 Å². The first-order valence-electron chi connectivity index (χ1n) is 5.21. The summed E-state index contributed by atoms with van der Waals surface area (Å²) in [6.07, 6.45) is -12.0. The van der Waals surface area contributed by atoms with Gasteiger partial charge in [-0.05, 0) is 19.1 Å². The van der Waals surface area contributed by atoms with Crippen molar-refractivity contribution < 1.29 is 39.9 Å². The van der Waals surface area contributed by atoms with E-state index >= 15 is 0 Å². The molecule has 0 aliphatic rings. The fourth-order valence-electron chi connectivity index (χ4n) is 1.27. The van der Waals surface area contributed by atoms with Gasteiger partial charge in [-0.3, -0.25) is 4.79 Å². The number of carbonyl (C=O) groups is 1. The SMILES string of the molecule is CC(C(=O)Nc1c(F)cccc1F)(C(F)(F)F)C(F)(F)F. The van der Waals surface area contributed by atoms with Gasteiger partial charge < -0.3 is 5.32 Å². The molecule has 0 aromatic heterocycles.